The maximum atomic E-state index is 13.8. The summed E-state index contributed by atoms with van der Waals surface area (Å²) in [6.45, 7) is 2.80. The van der Waals surface area contributed by atoms with Gasteiger partial charge in [0, 0.05) is 13.1 Å². The zero-order valence-electron chi connectivity index (χ0n) is 33.5. The predicted molar refractivity (Wildman–Crippen MR) is 218 cm³/mol. The second-order valence-corrected chi connectivity index (χ2v) is 14.3. The number of aliphatic carboxylic acids is 1. The first-order valence-corrected chi connectivity index (χ1v) is 20.0. The van der Waals surface area contributed by atoms with Crippen molar-refractivity contribution in [2.24, 2.45) is 56.0 Å². The SMILES string of the molecule is CC[C@H](C)[C@H](NC(=O)[C@H](CC(N)=O)NC(=O)[C@H](CCCN=C(N)N)NC(=O)CNC(=O)[C@@H](N)CCSC)C(=O)N[C@@H](CCCN=C(N)N)C(=O)N[C@@H](CC(N)=O)C(=O)O. The van der Waals surface area contributed by atoms with Gasteiger partial charge in [-0.3, -0.25) is 48.3 Å². The Bertz CT molecular complexity index is 1520. The average Bonchev–Trinajstić information content (AvgIpc) is 3.15. The smallest absolute Gasteiger partial charge is 0.326 e. The summed E-state index contributed by atoms with van der Waals surface area (Å²) < 4.78 is 0. The lowest BCUT2D eigenvalue weighted by Crippen LogP contribution is -2.60. The molecule has 0 aliphatic carbocycles. The van der Waals surface area contributed by atoms with Crippen LogP contribution in [0.25, 0.3) is 0 Å². The zero-order chi connectivity index (χ0) is 45.2. The third kappa shape index (κ3) is 23.2. The van der Waals surface area contributed by atoms with Gasteiger partial charge in [0.25, 0.3) is 0 Å². The molecule has 0 spiro atoms. The Balaban J connectivity index is 6.34. The Kier molecular flexibility index (Phi) is 25.6. The topological polar surface area (TPSA) is 453 Å². The molecule has 26 heteroatoms. The van der Waals surface area contributed by atoms with Crippen molar-refractivity contribution in [1.82, 2.24) is 31.9 Å². The van der Waals surface area contributed by atoms with Gasteiger partial charge in [-0.05, 0) is 50.0 Å². The zero-order valence-corrected chi connectivity index (χ0v) is 34.3. The molecule has 59 heavy (non-hydrogen) atoms. The lowest BCUT2D eigenvalue weighted by Gasteiger charge is -2.29. The second-order valence-electron chi connectivity index (χ2n) is 13.4. The minimum atomic E-state index is -1.73. The van der Waals surface area contributed by atoms with Crippen LogP contribution < -0.4 is 72.0 Å². The number of carbonyl (C=O) groups is 9. The van der Waals surface area contributed by atoms with Crippen LogP contribution in [0.1, 0.15) is 65.2 Å². The standard InChI is InChI=1S/C33H61N15O10S/c1-4-16(2)25(30(56)45-19(8-6-11-42-33(39)40)28(54)47-21(31(57)58)14-23(36)50)48-29(55)20(13-22(35)49)46-27(53)18(7-5-10-41-32(37)38)44-24(51)15-43-26(52)17(34)9-12-59-3/h16-21,25H,4-15,34H2,1-3H3,(H2,35,49)(H2,36,50)(H,43,52)(H,44,51)(H,45,56)(H,46,53)(H,47,54)(H,48,55)(H,57,58)(H4,37,38,41)(H4,39,40,42)/t16-,17-,18-,19-,20-,21-,25-/m0/s1. The van der Waals surface area contributed by atoms with Gasteiger partial charge in [-0.15, -0.1) is 0 Å². The highest BCUT2D eigenvalue weighted by Gasteiger charge is 2.35. The molecule has 8 amide bonds. The molecule has 0 aromatic rings. The largest absolute Gasteiger partial charge is 0.480 e. The Morgan fingerprint density at radius 1 is 0.627 bits per heavy atom. The monoisotopic (exact) mass is 859 g/mol. The van der Waals surface area contributed by atoms with Gasteiger partial charge in [-0.25, -0.2) is 4.79 Å². The van der Waals surface area contributed by atoms with E-state index in [1.165, 1.54) is 11.8 Å². The molecule has 0 unspecified atom stereocenters. The molecule has 7 atom stereocenters. The summed E-state index contributed by atoms with van der Waals surface area (Å²) in [5.41, 5.74) is 37.8. The van der Waals surface area contributed by atoms with E-state index in [0.717, 1.165) is 0 Å². The number of nitrogens with zero attached hydrogens (tertiary/aromatic N) is 2. The van der Waals surface area contributed by atoms with E-state index in [1.54, 1.807) is 13.8 Å². The van der Waals surface area contributed by atoms with Crippen LogP contribution in [-0.4, -0.2) is 138 Å². The molecule has 0 heterocycles. The van der Waals surface area contributed by atoms with Crippen molar-refractivity contribution in [2.75, 3.05) is 31.6 Å². The summed E-state index contributed by atoms with van der Waals surface area (Å²) in [4.78, 5) is 122. The van der Waals surface area contributed by atoms with Crippen LogP contribution >= 0.6 is 11.8 Å². The minimum absolute atomic E-state index is 0.0164. The second kappa shape index (κ2) is 28.5. The fourth-order valence-corrected chi connectivity index (χ4v) is 5.53. The van der Waals surface area contributed by atoms with Crippen molar-refractivity contribution in [1.29, 1.82) is 0 Å². The number of primary amides is 2. The van der Waals surface area contributed by atoms with E-state index < -0.39 is 115 Å². The van der Waals surface area contributed by atoms with Gasteiger partial charge in [0.2, 0.25) is 47.3 Å². The molecule has 0 radical (unpaired) electrons. The molecule has 0 rings (SSSR count). The van der Waals surface area contributed by atoms with Gasteiger partial charge in [0.15, 0.2) is 11.9 Å². The van der Waals surface area contributed by atoms with Crippen molar-refractivity contribution in [3.05, 3.63) is 0 Å². The van der Waals surface area contributed by atoms with Crippen LogP contribution in [0.5, 0.6) is 0 Å². The molecule has 0 aliphatic rings. The summed E-state index contributed by atoms with van der Waals surface area (Å²) in [5, 5.41) is 23.8. The third-order valence-electron chi connectivity index (χ3n) is 8.42. The van der Waals surface area contributed by atoms with E-state index in [9.17, 15) is 48.3 Å². The maximum absolute atomic E-state index is 13.8. The Morgan fingerprint density at radius 3 is 1.54 bits per heavy atom. The number of nitrogens with one attached hydrogen (secondary N) is 6. The molecular formula is C33H61N15O10S. The number of thioether (sulfide) groups is 1. The van der Waals surface area contributed by atoms with Crippen molar-refractivity contribution >= 4 is 76.9 Å². The molecule has 0 fully saturated rings. The van der Waals surface area contributed by atoms with Gasteiger partial charge >= 0.3 is 5.97 Å². The number of hydrogen-bond acceptors (Lipinski definition) is 13. The van der Waals surface area contributed by atoms with E-state index in [0.29, 0.717) is 12.2 Å². The van der Waals surface area contributed by atoms with Crippen molar-refractivity contribution in [3.8, 4) is 0 Å². The molecule has 0 saturated heterocycles. The van der Waals surface area contributed by atoms with E-state index >= 15 is 0 Å². The van der Waals surface area contributed by atoms with Gasteiger partial charge in [-0.2, -0.15) is 11.8 Å². The number of carbonyl (C=O) groups excluding carboxylic acids is 8. The molecule has 0 aromatic carbocycles. The molecular weight excluding hydrogens is 799 g/mol. The molecule has 0 saturated carbocycles. The predicted octanol–water partition coefficient (Wildman–Crippen LogP) is -6.40. The third-order valence-corrected chi connectivity index (χ3v) is 9.06. The molecule has 334 valence electrons. The van der Waals surface area contributed by atoms with Gasteiger partial charge in [0.1, 0.15) is 30.2 Å². The van der Waals surface area contributed by atoms with Gasteiger partial charge in [-0.1, -0.05) is 20.3 Å². The number of amides is 8. The highest BCUT2D eigenvalue weighted by Crippen LogP contribution is 2.11. The molecule has 25 nitrogen and oxygen atoms in total. The summed E-state index contributed by atoms with van der Waals surface area (Å²) in [5.74, 6) is -9.40. The van der Waals surface area contributed by atoms with E-state index in [4.69, 9.17) is 40.1 Å². The lowest BCUT2D eigenvalue weighted by atomic mass is 9.96. The van der Waals surface area contributed by atoms with E-state index in [1.807, 2.05) is 6.26 Å². The summed E-state index contributed by atoms with van der Waals surface area (Å²) >= 11 is 1.48. The van der Waals surface area contributed by atoms with Crippen LogP contribution in [0.3, 0.4) is 0 Å². The maximum Gasteiger partial charge on any atom is 0.326 e. The normalized spacial score (nSPS) is 14.2. The van der Waals surface area contributed by atoms with Crippen molar-refractivity contribution in [3.63, 3.8) is 0 Å². The highest BCUT2D eigenvalue weighted by molar-refractivity contribution is 7.98. The fourth-order valence-electron chi connectivity index (χ4n) is 5.04. The summed E-state index contributed by atoms with van der Waals surface area (Å²) in [6, 6.07) is -8.48. The number of carboxylic acid groups (broad SMARTS) is 1. The number of hydrogen-bond donors (Lipinski definition) is 14. The molecule has 0 aromatic heterocycles. The Morgan fingerprint density at radius 2 is 1.08 bits per heavy atom. The number of nitrogens with two attached hydrogens (primary N) is 7. The number of rotatable bonds is 30. The van der Waals surface area contributed by atoms with Crippen molar-refractivity contribution < 1.29 is 48.3 Å². The first-order valence-electron chi connectivity index (χ1n) is 18.6. The number of guanidine groups is 2. The number of carboxylic acids is 1. The molecule has 0 bridgehead atoms. The summed E-state index contributed by atoms with van der Waals surface area (Å²) in [7, 11) is 0. The van der Waals surface area contributed by atoms with Crippen LogP contribution in [0.15, 0.2) is 9.98 Å². The highest BCUT2D eigenvalue weighted by atomic mass is 32.2. The van der Waals surface area contributed by atoms with Gasteiger partial charge < -0.3 is 77.1 Å². The number of aliphatic imine (C=N–C) groups is 2. The first-order chi connectivity index (χ1) is 27.6. The van der Waals surface area contributed by atoms with E-state index in [2.05, 4.69) is 41.9 Å². The Labute approximate surface area is 345 Å². The lowest BCUT2D eigenvalue weighted by molar-refractivity contribution is -0.144. The van der Waals surface area contributed by atoms with E-state index in [-0.39, 0.29) is 57.1 Å². The fraction of sp³-hybridized carbons (Fsp3) is 0.667. The van der Waals surface area contributed by atoms with Crippen LogP contribution in [0, 0.1) is 5.92 Å². The Hall–Kier alpha value is -5.92. The van der Waals surface area contributed by atoms with Crippen LogP contribution in [0.4, 0.5) is 0 Å². The van der Waals surface area contributed by atoms with Gasteiger partial charge in [0.05, 0.1) is 25.4 Å². The van der Waals surface area contributed by atoms with Crippen molar-refractivity contribution in [2.45, 2.75) is 101 Å². The summed E-state index contributed by atoms with van der Waals surface area (Å²) in [6.07, 6.45) is 1.03. The first kappa shape index (κ1) is 53.1. The van der Waals surface area contributed by atoms with Crippen LogP contribution in [0.2, 0.25) is 0 Å². The minimum Gasteiger partial charge on any atom is -0.480 e. The quantitative estimate of drug-likeness (QED) is 0.0181. The van der Waals surface area contributed by atoms with Crippen LogP contribution in [-0.2, 0) is 43.2 Å². The average molecular weight is 860 g/mol. The molecule has 21 N–H and O–H groups in total. The molecule has 0 aliphatic heterocycles.